The van der Waals surface area contributed by atoms with E-state index in [1.165, 1.54) is 11.1 Å². The number of hydrogen-bond donors (Lipinski definition) is 1. The van der Waals surface area contributed by atoms with Gasteiger partial charge in [-0.15, -0.1) is 11.6 Å². The second-order valence-corrected chi connectivity index (χ2v) is 6.27. The van der Waals surface area contributed by atoms with Crippen molar-refractivity contribution >= 4 is 23.2 Å². The lowest BCUT2D eigenvalue weighted by atomic mass is 9.85. The first-order valence-corrected chi connectivity index (χ1v) is 7.32. The van der Waals surface area contributed by atoms with E-state index in [0.717, 1.165) is 55.6 Å². The van der Waals surface area contributed by atoms with Crippen LogP contribution in [-0.4, -0.2) is 18.5 Å². The van der Waals surface area contributed by atoms with Crippen molar-refractivity contribution in [1.29, 1.82) is 0 Å². The number of benzene rings is 1. The molecule has 98 valence electrons. The second-order valence-electron chi connectivity index (χ2n) is 5.22. The van der Waals surface area contributed by atoms with Crippen molar-refractivity contribution in [1.82, 2.24) is 5.32 Å². The number of rotatable bonds is 4. The van der Waals surface area contributed by atoms with Gasteiger partial charge in [0.1, 0.15) is 5.75 Å². The van der Waals surface area contributed by atoms with Crippen molar-refractivity contribution in [3.63, 3.8) is 0 Å². The van der Waals surface area contributed by atoms with Crippen LogP contribution in [0.25, 0.3) is 0 Å². The van der Waals surface area contributed by atoms with E-state index >= 15 is 0 Å². The Balaban J connectivity index is 1.59. The fraction of sp³-hybridized carbons (Fsp3) is 0.571. The maximum Gasteiger partial charge on any atom is 0.127 e. The average molecular weight is 286 g/mol. The van der Waals surface area contributed by atoms with Gasteiger partial charge in [0.2, 0.25) is 0 Å². The maximum absolute atomic E-state index is 6.13. The van der Waals surface area contributed by atoms with Crippen LogP contribution in [0.3, 0.4) is 0 Å². The third kappa shape index (κ3) is 2.61. The summed E-state index contributed by atoms with van der Waals surface area (Å²) in [6.45, 7) is 2.64. The highest BCUT2D eigenvalue weighted by Gasteiger charge is 2.26. The monoisotopic (exact) mass is 285 g/mol. The smallest absolute Gasteiger partial charge is 0.127 e. The van der Waals surface area contributed by atoms with Gasteiger partial charge in [0.05, 0.1) is 6.61 Å². The molecule has 0 unspecified atom stereocenters. The Morgan fingerprint density at radius 3 is 2.94 bits per heavy atom. The third-order valence-corrected chi connectivity index (χ3v) is 4.33. The van der Waals surface area contributed by atoms with Crippen molar-refractivity contribution < 1.29 is 4.74 Å². The van der Waals surface area contributed by atoms with E-state index in [1.54, 1.807) is 0 Å². The average Bonchev–Trinajstić information content (AvgIpc) is 2.74. The quantitative estimate of drug-likeness (QED) is 0.857. The van der Waals surface area contributed by atoms with E-state index in [0.29, 0.717) is 5.38 Å². The molecule has 1 saturated carbocycles. The van der Waals surface area contributed by atoms with Crippen LogP contribution < -0.4 is 10.1 Å². The minimum atomic E-state index is 0.399. The van der Waals surface area contributed by atoms with E-state index < -0.39 is 0 Å². The molecule has 1 aromatic carbocycles. The predicted octanol–water partition coefficient (Wildman–Crippen LogP) is 3.38. The molecule has 0 amide bonds. The zero-order chi connectivity index (χ0) is 12.5. The lowest BCUT2D eigenvalue weighted by Gasteiger charge is -2.31. The van der Waals surface area contributed by atoms with Gasteiger partial charge in [-0.25, -0.2) is 0 Å². The zero-order valence-corrected chi connectivity index (χ0v) is 11.7. The zero-order valence-electron chi connectivity index (χ0n) is 10.2. The Kier molecular flexibility index (Phi) is 3.69. The van der Waals surface area contributed by atoms with E-state index in [-0.39, 0.29) is 0 Å². The van der Waals surface area contributed by atoms with E-state index in [9.17, 15) is 0 Å². The Morgan fingerprint density at radius 2 is 2.17 bits per heavy atom. The van der Waals surface area contributed by atoms with Crippen LogP contribution in [0.1, 0.15) is 24.0 Å². The Bertz CT molecular complexity index is 444. The van der Waals surface area contributed by atoms with Crippen molar-refractivity contribution in [3.05, 3.63) is 28.3 Å². The molecule has 1 aliphatic carbocycles. The fourth-order valence-electron chi connectivity index (χ4n) is 2.71. The van der Waals surface area contributed by atoms with Crippen LogP contribution in [0.4, 0.5) is 0 Å². The summed E-state index contributed by atoms with van der Waals surface area (Å²) in [6.07, 6.45) is 3.25. The molecule has 18 heavy (non-hydrogen) atoms. The molecule has 0 saturated heterocycles. The number of hydrogen-bond acceptors (Lipinski definition) is 2. The minimum absolute atomic E-state index is 0.399. The fourth-order valence-corrected chi connectivity index (χ4v) is 3.48. The molecule has 1 fully saturated rings. The summed E-state index contributed by atoms with van der Waals surface area (Å²) >= 11 is 12.1. The Hall–Kier alpha value is -0.440. The molecule has 1 aromatic rings. The molecule has 1 N–H and O–H groups in total. The van der Waals surface area contributed by atoms with Crippen molar-refractivity contribution in [2.75, 3.05) is 13.2 Å². The number of alkyl halides is 1. The number of nitrogens with one attached hydrogen (secondary N) is 1. The van der Waals surface area contributed by atoms with Gasteiger partial charge in [0.25, 0.3) is 0 Å². The molecule has 0 spiro atoms. The SMILES string of the molecule is Clc1cc2c(c(CNCC3CC(Cl)C3)c1)OCC2. The summed E-state index contributed by atoms with van der Waals surface area (Å²) in [5, 5.41) is 4.69. The van der Waals surface area contributed by atoms with Crippen molar-refractivity contribution in [3.8, 4) is 5.75 Å². The highest BCUT2D eigenvalue weighted by Crippen LogP contribution is 2.33. The molecular formula is C14H17Cl2NO. The summed E-state index contributed by atoms with van der Waals surface area (Å²) in [5.74, 6) is 1.77. The molecular weight excluding hydrogens is 269 g/mol. The van der Waals surface area contributed by atoms with Crippen LogP contribution in [0, 0.1) is 5.92 Å². The van der Waals surface area contributed by atoms with E-state index in [1.807, 2.05) is 12.1 Å². The molecule has 0 radical (unpaired) electrons. The molecule has 2 nitrogen and oxygen atoms in total. The first-order chi connectivity index (χ1) is 8.72. The van der Waals surface area contributed by atoms with Crippen LogP contribution in [0.2, 0.25) is 5.02 Å². The summed E-state index contributed by atoms with van der Waals surface area (Å²) < 4.78 is 5.68. The maximum atomic E-state index is 6.13. The predicted molar refractivity (Wildman–Crippen MR) is 74.7 cm³/mol. The Morgan fingerprint density at radius 1 is 1.33 bits per heavy atom. The summed E-state index contributed by atoms with van der Waals surface area (Å²) in [7, 11) is 0. The van der Waals surface area contributed by atoms with Crippen molar-refractivity contribution in [2.24, 2.45) is 5.92 Å². The molecule has 0 atom stereocenters. The second kappa shape index (κ2) is 5.28. The number of halogens is 2. The highest BCUT2D eigenvalue weighted by atomic mass is 35.5. The lowest BCUT2D eigenvalue weighted by molar-refractivity contribution is 0.306. The molecule has 4 heteroatoms. The van der Waals surface area contributed by atoms with Gasteiger partial charge in [0, 0.05) is 28.9 Å². The Labute approximate surface area is 118 Å². The first-order valence-electron chi connectivity index (χ1n) is 6.51. The molecule has 1 heterocycles. The van der Waals surface area contributed by atoms with Crippen LogP contribution in [-0.2, 0) is 13.0 Å². The molecule has 0 aromatic heterocycles. The molecule has 0 bridgehead atoms. The van der Waals surface area contributed by atoms with Gasteiger partial charge in [-0.2, -0.15) is 0 Å². The summed E-state index contributed by atoms with van der Waals surface area (Å²) in [5.41, 5.74) is 2.42. The van der Waals surface area contributed by atoms with Gasteiger partial charge in [0.15, 0.2) is 0 Å². The largest absolute Gasteiger partial charge is 0.493 e. The molecule has 3 rings (SSSR count). The lowest BCUT2D eigenvalue weighted by Crippen LogP contribution is -2.33. The van der Waals surface area contributed by atoms with Crippen LogP contribution in [0.5, 0.6) is 5.75 Å². The highest BCUT2D eigenvalue weighted by molar-refractivity contribution is 6.30. The number of ether oxygens (including phenoxy) is 1. The van der Waals surface area contributed by atoms with Gasteiger partial charge in [-0.3, -0.25) is 0 Å². The summed E-state index contributed by atoms with van der Waals surface area (Å²) in [4.78, 5) is 0. The standard InChI is InChI=1S/C14H17Cl2NO/c15-12-3-9(4-12)7-17-8-11-6-13(16)5-10-1-2-18-14(10)11/h5-6,9,12,17H,1-4,7-8H2. The van der Waals surface area contributed by atoms with E-state index in [2.05, 4.69) is 5.32 Å². The van der Waals surface area contributed by atoms with Crippen LogP contribution >= 0.6 is 23.2 Å². The van der Waals surface area contributed by atoms with Crippen LogP contribution in [0.15, 0.2) is 12.1 Å². The molecule has 1 aliphatic heterocycles. The number of fused-ring (bicyclic) bond motifs is 1. The third-order valence-electron chi connectivity index (χ3n) is 3.75. The minimum Gasteiger partial charge on any atom is -0.493 e. The normalized spacial score (nSPS) is 25.4. The van der Waals surface area contributed by atoms with Gasteiger partial charge in [-0.05, 0) is 43.0 Å². The summed E-state index contributed by atoms with van der Waals surface area (Å²) in [6, 6.07) is 4.02. The van der Waals surface area contributed by atoms with Gasteiger partial charge < -0.3 is 10.1 Å². The van der Waals surface area contributed by atoms with Crippen molar-refractivity contribution in [2.45, 2.75) is 31.2 Å². The van der Waals surface area contributed by atoms with Gasteiger partial charge in [-0.1, -0.05) is 11.6 Å². The first kappa shape index (κ1) is 12.6. The topological polar surface area (TPSA) is 21.3 Å². The van der Waals surface area contributed by atoms with E-state index in [4.69, 9.17) is 27.9 Å². The molecule has 2 aliphatic rings. The van der Waals surface area contributed by atoms with Gasteiger partial charge >= 0.3 is 0 Å².